The van der Waals surface area contributed by atoms with E-state index >= 15 is 0 Å². The second-order valence-electron chi connectivity index (χ2n) is 4.98. The molecule has 0 saturated heterocycles. The van der Waals surface area contributed by atoms with Crippen molar-refractivity contribution in [1.82, 2.24) is 15.1 Å². The van der Waals surface area contributed by atoms with E-state index in [0.717, 1.165) is 35.1 Å². The van der Waals surface area contributed by atoms with Crippen LogP contribution in [0, 0.1) is 0 Å². The Kier molecular flexibility index (Phi) is 6.61. The van der Waals surface area contributed by atoms with Crippen LogP contribution in [0.1, 0.15) is 19.0 Å². The van der Waals surface area contributed by atoms with E-state index in [-0.39, 0.29) is 0 Å². The molecule has 0 spiro atoms. The Bertz CT molecular complexity index is 556. The third-order valence-electron chi connectivity index (χ3n) is 3.44. The fraction of sp³-hybridized carbons (Fsp3) is 0.438. The SMILES string of the molecule is CCNC(CCc1ccnn1C)CSc1ccccc1Cl. The minimum atomic E-state index is 0.478. The Hall–Kier alpha value is -0.970. The maximum atomic E-state index is 6.21. The van der Waals surface area contributed by atoms with Gasteiger partial charge in [0, 0.05) is 35.6 Å². The first kappa shape index (κ1) is 16.4. The van der Waals surface area contributed by atoms with Crippen molar-refractivity contribution in [2.24, 2.45) is 7.05 Å². The lowest BCUT2D eigenvalue weighted by Gasteiger charge is -2.18. The van der Waals surface area contributed by atoms with Crippen molar-refractivity contribution in [3.05, 3.63) is 47.2 Å². The van der Waals surface area contributed by atoms with E-state index in [1.54, 1.807) is 0 Å². The lowest BCUT2D eigenvalue weighted by Crippen LogP contribution is -2.31. The second kappa shape index (κ2) is 8.47. The lowest BCUT2D eigenvalue weighted by molar-refractivity contribution is 0.527. The van der Waals surface area contributed by atoms with E-state index in [9.17, 15) is 0 Å². The number of nitrogens with zero attached hydrogens (tertiary/aromatic N) is 2. The molecule has 2 aromatic rings. The summed E-state index contributed by atoms with van der Waals surface area (Å²) < 4.78 is 1.95. The molecule has 1 aromatic heterocycles. The van der Waals surface area contributed by atoms with Gasteiger partial charge in [-0.1, -0.05) is 30.7 Å². The summed E-state index contributed by atoms with van der Waals surface area (Å²) in [5.41, 5.74) is 1.28. The first-order valence-electron chi connectivity index (χ1n) is 7.28. The normalized spacial score (nSPS) is 12.5. The van der Waals surface area contributed by atoms with Gasteiger partial charge in [0.2, 0.25) is 0 Å². The van der Waals surface area contributed by atoms with Crippen LogP contribution in [0.25, 0.3) is 0 Å². The largest absolute Gasteiger partial charge is 0.313 e. The van der Waals surface area contributed by atoms with Gasteiger partial charge in [-0.3, -0.25) is 4.68 Å². The van der Waals surface area contributed by atoms with Gasteiger partial charge in [-0.05, 0) is 37.6 Å². The van der Waals surface area contributed by atoms with E-state index in [0.29, 0.717) is 6.04 Å². The van der Waals surface area contributed by atoms with E-state index in [1.165, 1.54) is 5.69 Å². The zero-order chi connectivity index (χ0) is 15.1. The summed E-state index contributed by atoms with van der Waals surface area (Å²) >= 11 is 8.03. The Morgan fingerprint density at radius 2 is 2.14 bits per heavy atom. The van der Waals surface area contributed by atoms with Crippen LogP contribution in [0.5, 0.6) is 0 Å². The van der Waals surface area contributed by atoms with Crippen LogP contribution in [0.3, 0.4) is 0 Å². The second-order valence-corrected chi connectivity index (χ2v) is 6.45. The zero-order valence-electron chi connectivity index (χ0n) is 12.6. The van der Waals surface area contributed by atoms with Crippen molar-refractivity contribution in [1.29, 1.82) is 0 Å². The number of aromatic nitrogens is 2. The molecule has 2 rings (SSSR count). The number of aryl methyl sites for hydroxylation is 2. The van der Waals surface area contributed by atoms with Crippen molar-refractivity contribution in [3.8, 4) is 0 Å². The maximum Gasteiger partial charge on any atom is 0.0541 e. The Morgan fingerprint density at radius 3 is 2.81 bits per heavy atom. The molecule has 0 aliphatic rings. The molecule has 0 aliphatic carbocycles. The van der Waals surface area contributed by atoms with Gasteiger partial charge in [-0.2, -0.15) is 5.10 Å². The molecule has 3 nitrogen and oxygen atoms in total. The predicted octanol–water partition coefficient (Wildman–Crippen LogP) is 3.78. The Labute approximate surface area is 136 Å². The summed E-state index contributed by atoms with van der Waals surface area (Å²) in [5, 5.41) is 8.62. The van der Waals surface area contributed by atoms with Gasteiger partial charge in [-0.25, -0.2) is 0 Å². The van der Waals surface area contributed by atoms with Crippen LogP contribution in [-0.2, 0) is 13.5 Å². The van der Waals surface area contributed by atoms with Crippen LogP contribution >= 0.6 is 23.4 Å². The molecule has 1 atom stereocenters. The molecule has 0 fully saturated rings. The van der Waals surface area contributed by atoms with Crippen molar-refractivity contribution >= 4 is 23.4 Å². The topological polar surface area (TPSA) is 29.9 Å². The fourth-order valence-corrected chi connectivity index (χ4v) is 3.60. The molecule has 1 aromatic carbocycles. The van der Waals surface area contributed by atoms with Gasteiger partial charge in [0.25, 0.3) is 0 Å². The summed E-state index contributed by atoms with van der Waals surface area (Å²) in [5.74, 6) is 1.02. The van der Waals surface area contributed by atoms with Crippen LogP contribution in [0.2, 0.25) is 5.02 Å². The third kappa shape index (κ3) is 5.06. The highest BCUT2D eigenvalue weighted by molar-refractivity contribution is 7.99. The monoisotopic (exact) mass is 323 g/mol. The molecule has 0 aliphatic heterocycles. The molecule has 0 saturated carbocycles. The highest BCUT2D eigenvalue weighted by atomic mass is 35.5. The smallest absolute Gasteiger partial charge is 0.0541 e. The van der Waals surface area contributed by atoms with Gasteiger partial charge in [0.15, 0.2) is 0 Å². The molecular formula is C16H22ClN3S. The van der Waals surface area contributed by atoms with E-state index < -0.39 is 0 Å². The van der Waals surface area contributed by atoms with E-state index in [2.05, 4.69) is 29.5 Å². The van der Waals surface area contributed by atoms with Crippen molar-refractivity contribution in [2.75, 3.05) is 12.3 Å². The summed E-state index contributed by atoms with van der Waals surface area (Å²) in [6, 6.07) is 10.6. The average molecular weight is 324 g/mol. The van der Waals surface area contributed by atoms with Crippen LogP contribution in [0.15, 0.2) is 41.4 Å². The zero-order valence-corrected chi connectivity index (χ0v) is 14.1. The van der Waals surface area contributed by atoms with Gasteiger partial charge in [0.1, 0.15) is 0 Å². The minimum Gasteiger partial charge on any atom is -0.313 e. The summed E-state index contributed by atoms with van der Waals surface area (Å²) in [6.07, 6.45) is 4.00. The summed E-state index contributed by atoms with van der Waals surface area (Å²) in [6.45, 7) is 3.14. The summed E-state index contributed by atoms with van der Waals surface area (Å²) in [7, 11) is 2.00. The van der Waals surface area contributed by atoms with E-state index in [1.807, 2.05) is 47.9 Å². The number of thioether (sulfide) groups is 1. The number of halogens is 1. The first-order chi connectivity index (χ1) is 10.2. The summed E-state index contributed by atoms with van der Waals surface area (Å²) in [4.78, 5) is 1.16. The van der Waals surface area contributed by atoms with Crippen LogP contribution in [-0.4, -0.2) is 28.1 Å². The standard InChI is InChI=1S/C16H22ClN3S/c1-3-18-13(8-9-14-10-11-19-20(14)2)12-21-16-7-5-4-6-15(16)17/h4-7,10-11,13,18H,3,8-9,12H2,1-2H3. The van der Waals surface area contributed by atoms with Crippen molar-refractivity contribution in [2.45, 2.75) is 30.7 Å². The molecule has 0 bridgehead atoms. The maximum absolute atomic E-state index is 6.21. The van der Waals surface area contributed by atoms with Gasteiger partial charge < -0.3 is 5.32 Å². The molecule has 0 radical (unpaired) electrons. The number of hydrogen-bond donors (Lipinski definition) is 1. The third-order valence-corrected chi connectivity index (χ3v) is 5.12. The van der Waals surface area contributed by atoms with Crippen molar-refractivity contribution in [3.63, 3.8) is 0 Å². The molecule has 0 amide bonds. The van der Waals surface area contributed by atoms with Gasteiger partial charge in [-0.15, -0.1) is 11.8 Å². The molecule has 21 heavy (non-hydrogen) atoms. The Morgan fingerprint density at radius 1 is 1.33 bits per heavy atom. The molecular weight excluding hydrogens is 302 g/mol. The number of nitrogens with one attached hydrogen (secondary N) is 1. The Balaban J connectivity index is 1.87. The van der Waals surface area contributed by atoms with Gasteiger partial charge in [0.05, 0.1) is 5.02 Å². The average Bonchev–Trinajstić information content (AvgIpc) is 2.89. The highest BCUT2D eigenvalue weighted by Crippen LogP contribution is 2.27. The quantitative estimate of drug-likeness (QED) is 0.750. The predicted molar refractivity (Wildman–Crippen MR) is 91.2 cm³/mol. The number of benzene rings is 1. The van der Waals surface area contributed by atoms with E-state index in [4.69, 9.17) is 11.6 Å². The van der Waals surface area contributed by atoms with Crippen LogP contribution in [0.4, 0.5) is 0 Å². The fourth-order valence-electron chi connectivity index (χ4n) is 2.25. The molecule has 1 unspecified atom stereocenters. The molecule has 1 heterocycles. The van der Waals surface area contributed by atoms with Crippen molar-refractivity contribution < 1.29 is 0 Å². The molecule has 1 N–H and O–H groups in total. The number of hydrogen-bond acceptors (Lipinski definition) is 3. The highest BCUT2D eigenvalue weighted by Gasteiger charge is 2.11. The number of rotatable bonds is 8. The van der Waals surface area contributed by atoms with Gasteiger partial charge >= 0.3 is 0 Å². The molecule has 5 heteroatoms. The van der Waals surface area contributed by atoms with Crippen LogP contribution < -0.4 is 5.32 Å². The minimum absolute atomic E-state index is 0.478. The molecule has 114 valence electrons. The lowest BCUT2D eigenvalue weighted by atomic mass is 10.1. The first-order valence-corrected chi connectivity index (χ1v) is 8.64.